The summed E-state index contributed by atoms with van der Waals surface area (Å²) in [6.45, 7) is 7.96. The summed E-state index contributed by atoms with van der Waals surface area (Å²) < 4.78 is 0. The lowest BCUT2D eigenvalue weighted by Crippen LogP contribution is -2.42. The highest BCUT2D eigenvalue weighted by Gasteiger charge is 2.27. The van der Waals surface area contributed by atoms with Crippen LogP contribution in [0.1, 0.15) is 50.7 Å². The summed E-state index contributed by atoms with van der Waals surface area (Å²) in [6.07, 6.45) is 7.97. The van der Waals surface area contributed by atoms with Crippen LogP contribution >= 0.6 is 0 Å². The average Bonchev–Trinajstić information content (AvgIpc) is 3.19. The highest BCUT2D eigenvalue weighted by atomic mass is 15.2. The molecule has 1 atom stereocenters. The number of para-hydroxylation sites is 1. The lowest BCUT2D eigenvalue weighted by molar-refractivity contribution is 0.193. The Hall–Kier alpha value is -1.74. The quantitative estimate of drug-likeness (QED) is 0.349. The van der Waals surface area contributed by atoms with Gasteiger partial charge in [-0.25, -0.2) is 0 Å². The minimum absolute atomic E-state index is 0.566. The van der Waals surface area contributed by atoms with Gasteiger partial charge >= 0.3 is 0 Å². The van der Waals surface area contributed by atoms with Gasteiger partial charge in [-0.15, -0.1) is 0 Å². The molecule has 1 aliphatic rings. The van der Waals surface area contributed by atoms with Gasteiger partial charge in [0.2, 0.25) is 0 Å². The van der Waals surface area contributed by atoms with E-state index in [2.05, 4.69) is 78.2 Å². The summed E-state index contributed by atoms with van der Waals surface area (Å²) in [5.74, 6) is 0. The Labute approximate surface area is 179 Å². The van der Waals surface area contributed by atoms with Gasteiger partial charge in [0.05, 0.1) is 7.85 Å². The molecule has 0 saturated carbocycles. The maximum atomic E-state index is 5.76. The molecular formula is C26H37BN2. The maximum absolute atomic E-state index is 5.76. The minimum Gasteiger partial charge on any atom is -0.368 e. The first-order valence-corrected chi connectivity index (χ1v) is 11.6. The van der Waals surface area contributed by atoms with E-state index in [0.29, 0.717) is 12.1 Å². The highest BCUT2D eigenvalue weighted by Crippen LogP contribution is 2.29. The highest BCUT2D eigenvalue weighted by molar-refractivity contribution is 6.08. The molecule has 3 heteroatoms. The molecule has 154 valence electrons. The smallest absolute Gasteiger partial charge is 0.0653 e. The fourth-order valence-corrected chi connectivity index (χ4v) is 4.96. The summed E-state index contributed by atoms with van der Waals surface area (Å²) in [7, 11) is 5.76. The number of hydrogen-bond acceptors (Lipinski definition) is 2. The SMILES string of the molecule is [B]CCCCC(CCN(c1ccccc1)C1Cc2ccccc2C1)N(CC)CC. The first-order valence-electron chi connectivity index (χ1n) is 11.6. The fourth-order valence-electron chi connectivity index (χ4n) is 4.96. The Balaban J connectivity index is 1.72. The van der Waals surface area contributed by atoms with Crippen molar-refractivity contribution in [2.75, 3.05) is 24.5 Å². The van der Waals surface area contributed by atoms with Crippen LogP contribution < -0.4 is 4.90 Å². The Bertz CT molecular complexity index is 689. The molecule has 3 rings (SSSR count). The van der Waals surface area contributed by atoms with Crippen molar-refractivity contribution in [2.24, 2.45) is 0 Å². The molecule has 1 aliphatic carbocycles. The molecule has 1 unspecified atom stereocenters. The Kier molecular flexibility index (Phi) is 8.67. The van der Waals surface area contributed by atoms with Crippen LogP contribution in [0.5, 0.6) is 0 Å². The van der Waals surface area contributed by atoms with Gasteiger partial charge in [0.25, 0.3) is 0 Å². The van der Waals surface area contributed by atoms with Crippen LogP contribution in [0.2, 0.25) is 6.32 Å². The maximum Gasteiger partial charge on any atom is 0.0653 e. The van der Waals surface area contributed by atoms with Crippen molar-refractivity contribution in [3.05, 3.63) is 65.7 Å². The third kappa shape index (κ3) is 5.88. The second-order valence-electron chi connectivity index (χ2n) is 8.31. The van der Waals surface area contributed by atoms with Crippen molar-refractivity contribution >= 4 is 13.5 Å². The minimum atomic E-state index is 0.566. The fraction of sp³-hybridized carbons (Fsp3) is 0.538. The van der Waals surface area contributed by atoms with Crippen LogP contribution in [0.25, 0.3) is 0 Å². The molecule has 2 aromatic carbocycles. The third-order valence-electron chi connectivity index (χ3n) is 6.58. The third-order valence-corrected chi connectivity index (χ3v) is 6.58. The largest absolute Gasteiger partial charge is 0.368 e. The summed E-state index contributed by atoms with van der Waals surface area (Å²) in [6, 6.07) is 21.2. The molecule has 2 aromatic rings. The second kappa shape index (κ2) is 11.5. The van der Waals surface area contributed by atoms with Crippen LogP contribution in [0.15, 0.2) is 54.6 Å². The van der Waals surface area contributed by atoms with E-state index in [-0.39, 0.29) is 0 Å². The Morgan fingerprint density at radius 3 is 2.07 bits per heavy atom. The predicted octanol–water partition coefficient (Wildman–Crippen LogP) is 5.52. The normalized spacial score (nSPS) is 14.9. The molecule has 29 heavy (non-hydrogen) atoms. The van der Waals surface area contributed by atoms with E-state index in [1.54, 1.807) is 0 Å². The first kappa shape index (κ1) is 22.0. The van der Waals surface area contributed by atoms with E-state index in [9.17, 15) is 0 Å². The molecule has 0 spiro atoms. The van der Waals surface area contributed by atoms with E-state index in [4.69, 9.17) is 7.85 Å². The zero-order valence-corrected chi connectivity index (χ0v) is 18.4. The van der Waals surface area contributed by atoms with Crippen molar-refractivity contribution in [3.8, 4) is 0 Å². The first-order chi connectivity index (χ1) is 14.3. The van der Waals surface area contributed by atoms with Gasteiger partial charge in [-0.3, -0.25) is 0 Å². The number of anilines is 1. The van der Waals surface area contributed by atoms with E-state index in [1.165, 1.54) is 36.1 Å². The summed E-state index contributed by atoms with van der Waals surface area (Å²) in [5, 5.41) is 0. The molecular weight excluding hydrogens is 351 g/mol. The van der Waals surface area contributed by atoms with Gasteiger partial charge in [0.1, 0.15) is 0 Å². The predicted molar refractivity (Wildman–Crippen MR) is 127 cm³/mol. The van der Waals surface area contributed by atoms with Crippen molar-refractivity contribution in [1.82, 2.24) is 4.90 Å². The number of fused-ring (bicyclic) bond motifs is 1. The van der Waals surface area contributed by atoms with Crippen molar-refractivity contribution in [1.29, 1.82) is 0 Å². The zero-order chi connectivity index (χ0) is 20.5. The molecule has 0 fully saturated rings. The second-order valence-corrected chi connectivity index (χ2v) is 8.31. The zero-order valence-electron chi connectivity index (χ0n) is 18.4. The molecule has 0 heterocycles. The molecule has 0 bridgehead atoms. The molecule has 0 amide bonds. The van der Waals surface area contributed by atoms with Crippen LogP contribution in [0.3, 0.4) is 0 Å². The summed E-state index contributed by atoms with van der Waals surface area (Å²) in [4.78, 5) is 5.32. The molecule has 0 aliphatic heterocycles. The van der Waals surface area contributed by atoms with E-state index in [1.807, 2.05) is 0 Å². The number of benzene rings is 2. The van der Waals surface area contributed by atoms with Gasteiger partial charge < -0.3 is 9.80 Å². The molecule has 0 aromatic heterocycles. The number of rotatable bonds is 12. The van der Waals surface area contributed by atoms with E-state index < -0.39 is 0 Å². The van der Waals surface area contributed by atoms with Crippen LogP contribution in [0, 0.1) is 0 Å². The van der Waals surface area contributed by atoms with Crippen molar-refractivity contribution in [3.63, 3.8) is 0 Å². The van der Waals surface area contributed by atoms with Crippen LogP contribution in [-0.2, 0) is 12.8 Å². The lowest BCUT2D eigenvalue weighted by Gasteiger charge is -2.36. The molecule has 0 N–H and O–H groups in total. The Morgan fingerprint density at radius 2 is 1.48 bits per heavy atom. The summed E-state index contributed by atoms with van der Waals surface area (Å²) in [5.41, 5.74) is 4.42. The topological polar surface area (TPSA) is 6.48 Å². The van der Waals surface area contributed by atoms with E-state index in [0.717, 1.165) is 45.2 Å². The van der Waals surface area contributed by atoms with Gasteiger partial charge in [-0.05, 0) is 62.0 Å². The van der Waals surface area contributed by atoms with Crippen molar-refractivity contribution in [2.45, 2.75) is 70.8 Å². The van der Waals surface area contributed by atoms with Crippen molar-refractivity contribution < 1.29 is 0 Å². The standard InChI is InChI=1S/C26H37BN2/c1-3-28(4-2)24(14-10-11-18-27)17-19-29(25-15-6-5-7-16-25)26-20-22-12-8-9-13-23(22)21-26/h5-9,12-13,15-16,24,26H,3-4,10-11,14,17-21H2,1-2H3. The summed E-state index contributed by atoms with van der Waals surface area (Å²) >= 11 is 0. The van der Waals surface area contributed by atoms with E-state index >= 15 is 0 Å². The number of unbranched alkanes of at least 4 members (excludes halogenated alkanes) is 1. The van der Waals surface area contributed by atoms with Gasteiger partial charge in [-0.2, -0.15) is 0 Å². The molecule has 2 radical (unpaired) electrons. The van der Waals surface area contributed by atoms with Gasteiger partial charge in [-0.1, -0.05) is 75.5 Å². The molecule has 2 nitrogen and oxygen atoms in total. The Morgan fingerprint density at radius 1 is 0.862 bits per heavy atom. The number of hydrogen-bond donors (Lipinski definition) is 0. The van der Waals surface area contributed by atoms with Crippen LogP contribution in [0.4, 0.5) is 5.69 Å². The van der Waals surface area contributed by atoms with Gasteiger partial charge in [0.15, 0.2) is 0 Å². The number of nitrogens with zero attached hydrogens (tertiary/aromatic N) is 2. The average molecular weight is 388 g/mol. The van der Waals surface area contributed by atoms with Crippen LogP contribution in [-0.4, -0.2) is 44.5 Å². The molecule has 0 saturated heterocycles. The monoisotopic (exact) mass is 388 g/mol. The van der Waals surface area contributed by atoms with Gasteiger partial charge in [0, 0.05) is 24.3 Å². The lowest BCUT2D eigenvalue weighted by atomic mass is 9.96.